The van der Waals surface area contributed by atoms with Crippen molar-refractivity contribution in [1.82, 2.24) is 10.4 Å². The number of hydrogen-bond donors (Lipinski definition) is 1. The highest BCUT2D eigenvalue weighted by molar-refractivity contribution is 4.78. The Morgan fingerprint density at radius 1 is 1.56 bits per heavy atom. The Morgan fingerprint density at radius 2 is 2.56 bits per heavy atom. The third kappa shape index (κ3) is 0.956. The summed E-state index contributed by atoms with van der Waals surface area (Å²) in [4.78, 5) is 0. The predicted molar refractivity (Wildman–Crippen MR) is 33.9 cm³/mol. The second kappa shape index (κ2) is 2.25. The van der Waals surface area contributed by atoms with Gasteiger partial charge in [-0.25, -0.2) is 5.01 Å². The van der Waals surface area contributed by atoms with Gasteiger partial charge in [-0.05, 0) is 6.42 Å². The number of nitrogens with zero attached hydrogens (tertiary/aromatic N) is 1. The molecule has 2 fully saturated rings. The fourth-order valence-corrected chi connectivity index (χ4v) is 1.48. The highest BCUT2D eigenvalue weighted by Crippen LogP contribution is 2.11. The molecule has 1 N–H and O–H groups in total. The van der Waals surface area contributed by atoms with Gasteiger partial charge in [0.15, 0.2) is 0 Å². The first-order chi connectivity index (χ1) is 4.47. The highest BCUT2D eigenvalue weighted by Gasteiger charge is 2.26. The van der Waals surface area contributed by atoms with E-state index in [1.807, 2.05) is 0 Å². The summed E-state index contributed by atoms with van der Waals surface area (Å²) < 4.78 is 5.30. The first kappa shape index (κ1) is 5.65. The molecule has 9 heavy (non-hydrogen) atoms. The molecule has 0 spiro atoms. The molecule has 2 aliphatic rings. The molecule has 0 amide bonds. The van der Waals surface area contributed by atoms with Crippen LogP contribution in [0.3, 0.4) is 0 Å². The lowest BCUT2D eigenvalue weighted by Gasteiger charge is -2.28. The number of ether oxygens (including phenoxy) is 1. The van der Waals surface area contributed by atoms with Crippen LogP contribution in [0, 0.1) is 0 Å². The molecule has 0 aromatic carbocycles. The molecular formula is C6H12N2O. The molecule has 2 rings (SSSR count). The van der Waals surface area contributed by atoms with Crippen LogP contribution in [0.1, 0.15) is 6.42 Å². The number of nitrogens with one attached hydrogen (secondary N) is 1. The normalized spacial score (nSPS) is 36.7. The maximum Gasteiger partial charge on any atom is 0.0637 e. The average Bonchev–Trinajstić information content (AvgIpc) is 2.33. The molecule has 3 nitrogen and oxygen atoms in total. The molecule has 3 heteroatoms. The molecule has 2 saturated heterocycles. The summed E-state index contributed by atoms with van der Waals surface area (Å²) in [7, 11) is 0. The molecule has 52 valence electrons. The summed E-state index contributed by atoms with van der Waals surface area (Å²) in [6.07, 6.45) is 1.25. The number of hydrazine groups is 1. The van der Waals surface area contributed by atoms with E-state index in [1.54, 1.807) is 0 Å². The fourth-order valence-electron chi connectivity index (χ4n) is 1.48. The van der Waals surface area contributed by atoms with Crippen molar-refractivity contribution in [1.29, 1.82) is 0 Å². The predicted octanol–water partition coefficient (Wildman–Crippen LogP) is -0.405. The molecule has 0 saturated carbocycles. The van der Waals surface area contributed by atoms with Crippen molar-refractivity contribution in [3.05, 3.63) is 0 Å². The van der Waals surface area contributed by atoms with E-state index in [0.29, 0.717) is 6.04 Å². The van der Waals surface area contributed by atoms with Gasteiger partial charge < -0.3 is 4.74 Å². The molecular weight excluding hydrogens is 116 g/mol. The number of morpholine rings is 1. The lowest BCUT2D eigenvalue weighted by atomic mass is 10.2. The van der Waals surface area contributed by atoms with Gasteiger partial charge in [0.1, 0.15) is 0 Å². The van der Waals surface area contributed by atoms with E-state index in [1.165, 1.54) is 6.42 Å². The summed E-state index contributed by atoms with van der Waals surface area (Å²) in [6.45, 7) is 4.01. The van der Waals surface area contributed by atoms with Gasteiger partial charge in [0.25, 0.3) is 0 Å². The van der Waals surface area contributed by atoms with Crippen molar-refractivity contribution in [2.75, 3.05) is 26.3 Å². The van der Waals surface area contributed by atoms with Crippen LogP contribution in [0.2, 0.25) is 0 Å². The molecule has 2 heterocycles. The molecule has 0 aromatic heterocycles. The van der Waals surface area contributed by atoms with E-state index in [9.17, 15) is 0 Å². The summed E-state index contributed by atoms with van der Waals surface area (Å²) in [5, 5.41) is 2.30. The Bertz CT molecular complexity index is 95.2. The molecule has 0 aromatic rings. The van der Waals surface area contributed by atoms with E-state index >= 15 is 0 Å². The second-order valence-corrected chi connectivity index (χ2v) is 2.62. The van der Waals surface area contributed by atoms with Gasteiger partial charge in [0, 0.05) is 19.1 Å². The number of rotatable bonds is 0. The summed E-state index contributed by atoms with van der Waals surface area (Å²) in [5.74, 6) is 0. The van der Waals surface area contributed by atoms with Crippen LogP contribution in [0.25, 0.3) is 0 Å². The Kier molecular flexibility index (Phi) is 1.41. The molecule has 0 bridgehead atoms. The third-order valence-electron chi connectivity index (χ3n) is 2.02. The zero-order chi connectivity index (χ0) is 6.10. The van der Waals surface area contributed by atoms with Crippen molar-refractivity contribution in [2.24, 2.45) is 0 Å². The Morgan fingerprint density at radius 3 is 3.44 bits per heavy atom. The lowest BCUT2D eigenvalue weighted by Crippen LogP contribution is -2.45. The van der Waals surface area contributed by atoms with Crippen molar-refractivity contribution < 1.29 is 4.74 Å². The van der Waals surface area contributed by atoms with Crippen LogP contribution >= 0.6 is 0 Å². The molecule has 2 aliphatic heterocycles. The van der Waals surface area contributed by atoms with Gasteiger partial charge in [-0.3, -0.25) is 5.43 Å². The average molecular weight is 128 g/mol. The van der Waals surface area contributed by atoms with E-state index in [4.69, 9.17) is 4.74 Å². The van der Waals surface area contributed by atoms with Crippen molar-refractivity contribution in [3.63, 3.8) is 0 Å². The minimum Gasteiger partial charge on any atom is -0.378 e. The monoisotopic (exact) mass is 128 g/mol. The Balaban J connectivity index is 1.97. The fraction of sp³-hybridized carbons (Fsp3) is 1.00. The lowest BCUT2D eigenvalue weighted by molar-refractivity contribution is -0.00669. The molecule has 1 unspecified atom stereocenters. The Labute approximate surface area is 54.9 Å². The zero-order valence-electron chi connectivity index (χ0n) is 5.47. The smallest absolute Gasteiger partial charge is 0.0637 e. The number of hydrogen-bond acceptors (Lipinski definition) is 3. The van der Waals surface area contributed by atoms with Crippen LogP contribution < -0.4 is 5.43 Å². The van der Waals surface area contributed by atoms with Gasteiger partial charge >= 0.3 is 0 Å². The van der Waals surface area contributed by atoms with Crippen molar-refractivity contribution in [3.8, 4) is 0 Å². The van der Waals surface area contributed by atoms with Crippen molar-refractivity contribution >= 4 is 0 Å². The topological polar surface area (TPSA) is 24.5 Å². The van der Waals surface area contributed by atoms with Crippen LogP contribution in [0.5, 0.6) is 0 Å². The van der Waals surface area contributed by atoms with Crippen LogP contribution in [-0.4, -0.2) is 37.4 Å². The van der Waals surface area contributed by atoms with Gasteiger partial charge in [0.05, 0.1) is 13.2 Å². The number of fused-ring (bicyclic) bond motifs is 1. The van der Waals surface area contributed by atoms with Crippen LogP contribution in [0.4, 0.5) is 0 Å². The van der Waals surface area contributed by atoms with Crippen LogP contribution in [-0.2, 0) is 4.74 Å². The Hall–Kier alpha value is -0.120. The van der Waals surface area contributed by atoms with Crippen LogP contribution in [0.15, 0.2) is 0 Å². The maximum absolute atomic E-state index is 5.30. The minimum absolute atomic E-state index is 0.666. The largest absolute Gasteiger partial charge is 0.378 e. The SMILES string of the molecule is C1CC2COCCN2N1. The summed E-state index contributed by atoms with van der Waals surface area (Å²) in [5.41, 5.74) is 3.31. The zero-order valence-corrected chi connectivity index (χ0v) is 5.47. The first-order valence-electron chi connectivity index (χ1n) is 3.55. The van der Waals surface area contributed by atoms with E-state index in [0.717, 1.165) is 26.3 Å². The third-order valence-corrected chi connectivity index (χ3v) is 2.02. The van der Waals surface area contributed by atoms with Gasteiger partial charge in [-0.1, -0.05) is 0 Å². The van der Waals surface area contributed by atoms with Gasteiger partial charge in [-0.2, -0.15) is 0 Å². The molecule has 0 aliphatic carbocycles. The van der Waals surface area contributed by atoms with E-state index < -0.39 is 0 Å². The van der Waals surface area contributed by atoms with Gasteiger partial charge in [-0.15, -0.1) is 0 Å². The van der Waals surface area contributed by atoms with Gasteiger partial charge in [0.2, 0.25) is 0 Å². The standard InChI is InChI=1S/C6H12N2O/c1-2-7-8-3-4-9-5-6(1)8/h6-7H,1-5H2. The quantitative estimate of drug-likeness (QED) is 0.480. The highest BCUT2D eigenvalue weighted by atomic mass is 16.5. The summed E-state index contributed by atoms with van der Waals surface area (Å²) in [6, 6.07) is 0.666. The molecule has 0 radical (unpaired) electrons. The molecule has 1 atom stereocenters. The second-order valence-electron chi connectivity index (χ2n) is 2.62. The first-order valence-corrected chi connectivity index (χ1v) is 3.55. The van der Waals surface area contributed by atoms with E-state index in [2.05, 4.69) is 10.4 Å². The summed E-state index contributed by atoms with van der Waals surface area (Å²) >= 11 is 0. The van der Waals surface area contributed by atoms with Crippen molar-refractivity contribution in [2.45, 2.75) is 12.5 Å². The minimum atomic E-state index is 0.666. The van der Waals surface area contributed by atoms with E-state index in [-0.39, 0.29) is 0 Å². The maximum atomic E-state index is 5.30.